The Kier molecular flexibility index (Phi) is 4.86. The molecule has 2 aromatic carbocycles. The van der Waals surface area contributed by atoms with Crippen molar-refractivity contribution in [1.29, 1.82) is 0 Å². The Labute approximate surface area is 171 Å². The molecule has 3 aliphatic rings. The number of hydrogen-bond acceptors (Lipinski definition) is 4. The summed E-state index contributed by atoms with van der Waals surface area (Å²) in [5, 5.41) is 0. The maximum Gasteiger partial charge on any atom is 0.338 e. The largest absolute Gasteiger partial charge is 0.455 e. The Morgan fingerprint density at radius 2 is 1.03 bits per heavy atom. The summed E-state index contributed by atoms with van der Waals surface area (Å²) in [6, 6.07) is 18.1. The van der Waals surface area contributed by atoms with Crippen LogP contribution in [0.3, 0.4) is 0 Å². The van der Waals surface area contributed by atoms with E-state index in [0.717, 1.165) is 24.7 Å². The van der Waals surface area contributed by atoms with E-state index in [1.807, 2.05) is 36.4 Å². The Morgan fingerprint density at radius 3 is 1.45 bits per heavy atom. The molecule has 0 aromatic heterocycles. The molecule has 0 heterocycles. The van der Waals surface area contributed by atoms with Crippen LogP contribution in [0.25, 0.3) is 0 Å². The average molecular weight is 390 g/mol. The highest BCUT2D eigenvalue weighted by atomic mass is 16.6. The first-order valence-corrected chi connectivity index (χ1v) is 10.7. The van der Waals surface area contributed by atoms with Gasteiger partial charge in [0.1, 0.15) is 12.2 Å². The molecule has 3 aliphatic carbocycles. The van der Waals surface area contributed by atoms with Crippen molar-refractivity contribution < 1.29 is 19.1 Å². The zero-order valence-electron chi connectivity index (χ0n) is 16.4. The molecule has 0 radical (unpaired) electrons. The van der Waals surface area contributed by atoms with Crippen molar-refractivity contribution >= 4 is 11.9 Å². The molecular weight excluding hydrogens is 364 g/mol. The van der Waals surface area contributed by atoms with Gasteiger partial charge >= 0.3 is 11.9 Å². The van der Waals surface area contributed by atoms with E-state index in [1.165, 1.54) is 19.3 Å². The van der Waals surface area contributed by atoms with Gasteiger partial charge in [-0.1, -0.05) is 36.4 Å². The van der Waals surface area contributed by atoms with Gasteiger partial charge in [0.05, 0.1) is 11.1 Å². The minimum atomic E-state index is -0.379. The zero-order chi connectivity index (χ0) is 19.8. The minimum absolute atomic E-state index is 0.335. The van der Waals surface area contributed by atoms with E-state index < -0.39 is 0 Å². The van der Waals surface area contributed by atoms with Crippen molar-refractivity contribution in [3.05, 3.63) is 71.8 Å². The first-order valence-electron chi connectivity index (χ1n) is 10.7. The summed E-state index contributed by atoms with van der Waals surface area (Å²) < 4.78 is 11.9. The number of ether oxygens (including phenoxy) is 2. The van der Waals surface area contributed by atoms with Crippen LogP contribution in [0, 0.1) is 23.7 Å². The molecule has 6 unspecified atom stereocenters. The minimum Gasteiger partial charge on any atom is -0.455 e. The number of carbonyl (C=O) groups excluding carboxylic acids is 2. The summed E-state index contributed by atoms with van der Waals surface area (Å²) in [6.45, 7) is 0. The maximum absolute atomic E-state index is 12.7. The van der Waals surface area contributed by atoms with Crippen molar-refractivity contribution in [1.82, 2.24) is 0 Å². The molecule has 4 heteroatoms. The van der Waals surface area contributed by atoms with Gasteiger partial charge in [0, 0.05) is 0 Å². The molecule has 3 fully saturated rings. The van der Waals surface area contributed by atoms with E-state index in [4.69, 9.17) is 9.47 Å². The third-order valence-corrected chi connectivity index (χ3v) is 7.23. The Balaban J connectivity index is 1.35. The second-order valence-electron chi connectivity index (χ2n) is 8.75. The molecule has 5 rings (SSSR count). The summed E-state index contributed by atoms with van der Waals surface area (Å²) >= 11 is 0. The third-order valence-electron chi connectivity index (χ3n) is 7.23. The molecule has 0 N–H and O–H groups in total. The quantitative estimate of drug-likeness (QED) is 0.697. The third kappa shape index (κ3) is 3.57. The number of fused-ring (bicyclic) bond motifs is 5. The number of esters is 2. The SMILES string of the molecule is O=C(OC1CC2C3CCC(C3)C2CC1OC(=O)c1ccccc1)c1ccccc1. The second kappa shape index (κ2) is 7.66. The number of benzene rings is 2. The summed E-state index contributed by atoms with van der Waals surface area (Å²) in [5.74, 6) is 2.00. The van der Waals surface area contributed by atoms with Crippen LogP contribution in [-0.2, 0) is 9.47 Å². The van der Waals surface area contributed by atoms with Gasteiger partial charge in [-0.2, -0.15) is 0 Å². The van der Waals surface area contributed by atoms with E-state index in [1.54, 1.807) is 24.3 Å². The van der Waals surface area contributed by atoms with Crippen LogP contribution in [0.2, 0.25) is 0 Å². The van der Waals surface area contributed by atoms with Crippen molar-refractivity contribution in [2.75, 3.05) is 0 Å². The Bertz CT molecular complexity index is 805. The highest BCUT2D eigenvalue weighted by molar-refractivity contribution is 5.90. The molecule has 2 bridgehead atoms. The summed E-state index contributed by atoms with van der Waals surface area (Å²) in [4.78, 5) is 25.4. The zero-order valence-corrected chi connectivity index (χ0v) is 16.4. The van der Waals surface area contributed by atoms with Crippen LogP contribution in [0.4, 0.5) is 0 Å². The van der Waals surface area contributed by atoms with E-state index in [0.29, 0.717) is 23.0 Å². The molecule has 2 aromatic rings. The standard InChI is InChI=1S/C25H26O4/c26-24(16-7-3-1-4-8-16)28-22-14-20-18-11-12-19(13-18)21(20)15-23(22)29-25(27)17-9-5-2-6-10-17/h1-10,18-23H,11-15H2. The molecule has 3 saturated carbocycles. The number of rotatable bonds is 4. The van der Waals surface area contributed by atoms with E-state index in [-0.39, 0.29) is 24.1 Å². The first kappa shape index (κ1) is 18.4. The molecule has 4 nitrogen and oxygen atoms in total. The van der Waals surface area contributed by atoms with E-state index >= 15 is 0 Å². The molecule has 0 amide bonds. The van der Waals surface area contributed by atoms with Crippen LogP contribution in [0.5, 0.6) is 0 Å². The van der Waals surface area contributed by atoms with Gasteiger partial charge in [0.2, 0.25) is 0 Å². The lowest BCUT2D eigenvalue weighted by Crippen LogP contribution is -2.45. The molecule has 29 heavy (non-hydrogen) atoms. The van der Waals surface area contributed by atoms with Crippen LogP contribution in [-0.4, -0.2) is 24.1 Å². The van der Waals surface area contributed by atoms with Crippen molar-refractivity contribution in [2.24, 2.45) is 23.7 Å². The molecular formula is C25H26O4. The lowest BCUT2D eigenvalue weighted by Gasteiger charge is -2.42. The monoisotopic (exact) mass is 390 g/mol. The van der Waals surface area contributed by atoms with Crippen LogP contribution < -0.4 is 0 Å². The Hall–Kier alpha value is -2.62. The van der Waals surface area contributed by atoms with Gasteiger partial charge in [-0.25, -0.2) is 9.59 Å². The molecule has 0 spiro atoms. The highest BCUT2D eigenvalue weighted by Gasteiger charge is 2.53. The normalized spacial score (nSPS) is 32.4. The predicted molar refractivity (Wildman–Crippen MR) is 108 cm³/mol. The average Bonchev–Trinajstić information content (AvgIpc) is 3.37. The summed E-state index contributed by atoms with van der Waals surface area (Å²) in [6.07, 6.45) is 4.72. The topological polar surface area (TPSA) is 52.6 Å². The van der Waals surface area contributed by atoms with Gasteiger partial charge in [-0.05, 0) is 80.0 Å². The first-order chi connectivity index (χ1) is 14.2. The fourth-order valence-electron chi connectivity index (χ4n) is 5.91. The van der Waals surface area contributed by atoms with Gasteiger partial charge in [-0.15, -0.1) is 0 Å². The highest BCUT2D eigenvalue weighted by Crippen LogP contribution is 2.58. The smallest absolute Gasteiger partial charge is 0.338 e. The number of carbonyl (C=O) groups is 2. The van der Waals surface area contributed by atoms with Crippen LogP contribution in [0.1, 0.15) is 52.8 Å². The second-order valence-corrected chi connectivity index (χ2v) is 8.75. The van der Waals surface area contributed by atoms with Crippen molar-refractivity contribution in [3.8, 4) is 0 Å². The predicted octanol–water partition coefficient (Wildman–Crippen LogP) is 4.89. The van der Waals surface area contributed by atoms with Gasteiger partial charge in [-0.3, -0.25) is 0 Å². The van der Waals surface area contributed by atoms with Crippen molar-refractivity contribution in [2.45, 2.75) is 44.3 Å². The fourth-order valence-corrected chi connectivity index (χ4v) is 5.91. The van der Waals surface area contributed by atoms with Gasteiger partial charge in [0.25, 0.3) is 0 Å². The lowest BCUT2D eigenvalue weighted by molar-refractivity contribution is -0.0822. The fraction of sp³-hybridized carbons (Fsp3) is 0.440. The van der Waals surface area contributed by atoms with Crippen LogP contribution >= 0.6 is 0 Å². The molecule has 0 aliphatic heterocycles. The maximum atomic E-state index is 12.7. The summed E-state index contributed by atoms with van der Waals surface area (Å²) in [5.41, 5.74) is 1.08. The van der Waals surface area contributed by atoms with Gasteiger partial charge < -0.3 is 9.47 Å². The lowest BCUT2D eigenvalue weighted by atomic mass is 9.69. The molecule has 150 valence electrons. The Morgan fingerprint density at radius 1 is 0.621 bits per heavy atom. The molecule has 0 saturated heterocycles. The summed E-state index contributed by atoms with van der Waals surface area (Å²) in [7, 11) is 0. The van der Waals surface area contributed by atoms with E-state index in [2.05, 4.69) is 0 Å². The van der Waals surface area contributed by atoms with E-state index in [9.17, 15) is 9.59 Å². The van der Waals surface area contributed by atoms with Crippen molar-refractivity contribution in [3.63, 3.8) is 0 Å². The number of hydrogen-bond donors (Lipinski definition) is 0. The van der Waals surface area contributed by atoms with Gasteiger partial charge in [0.15, 0.2) is 0 Å². The van der Waals surface area contributed by atoms with Crippen LogP contribution in [0.15, 0.2) is 60.7 Å². The molecule has 6 atom stereocenters.